The van der Waals surface area contributed by atoms with Crippen molar-refractivity contribution in [2.45, 2.75) is 53.0 Å². The SMILES string of the molecule is Cc1cc(C(C)(C)C)cc(C)c1CCNC(=O)Cn1cc([N+](=O)[O-])cc(C#N)c1=O. The number of benzene rings is 1. The Morgan fingerprint density at radius 3 is 2.33 bits per heavy atom. The Hall–Kier alpha value is -3.47. The fourth-order valence-electron chi connectivity index (χ4n) is 3.28. The third-order valence-corrected chi connectivity index (χ3v) is 4.98. The highest BCUT2D eigenvalue weighted by atomic mass is 16.6. The first kappa shape index (κ1) is 22.8. The van der Waals surface area contributed by atoms with Crippen LogP contribution in [-0.2, 0) is 23.2 Å². The lowest BCUT2D eigenvalue weighted by atomic mass is 9.83. The largest absolute Gasteiger partial charge is 0.354 e. The van der Waals surface area contributed by atoms with Crippen LogP contribution in [0.3, 0.4) is 0 Å². The lowest BCUT2D eigenvalue weighted by Gasteiger charge is -2.22. The minimum absolute atomic E-state index is 0.0517. The number of nitriles is 1. The van der Waals surface area contributed by atoms with Crippen molar-refractivity contribution in [3.63, 3.8) is 0 Å². The van der Waals surface area contributed by atoms with Crippen LogP contribution in [0, 0.1) is 35.3 Å². The third-order valence-electron chi connectivity index (χ3n) is 4.98. The number of carbonyl (C=O) groups excluding carboxylic acids is 1. The van der Waals surface area contributed by atoms with Gasteiger partial charge in [-0.3, -0.25) is 24.3 Å². The van der Waals surface area contributed by atoms with Crippen molar-refractivity contribution in [1.82, 2.24) is 9.88 Å². The summed E-state index contributed by atoms with van der Waals surface area (Å²) in [6.07, 6.45) is 1.60. The van der Waals surface area contributed by atoms with Crippen molar-refractivity contribution >= 4 is 11.6 Å². The van der Waals surface area contributed by atoms with Crippen LogP contribution in [0.1, 0.15) is 48.6 Å². The van der Waals surface area contributed by atoms with Crippen molar-refractivity contribution in [3.8, 4) is 6.07 Å². The lowest BCUT2D eigenvalue weighted by Crippen LogP contribution is -2.34. The number of nitrogens with one attached hydrogen (secondary N) is 1. The van der Waals surface area contributed by atoms with E-state index in [-0.39, 0.29) is 11.0 Å². The second kappa shape index (κ2) is 8.91. The van der Waals surface area contributed by atoms with Gasteiger partial charge in [0.05, 0.1) is 11.1 Å². The van der Waals surface area contributed by atoms with Gasteiger partial charge in [-0.15, -0.1) is 0 Å². The molecule has 0 spiro atoms. The van der Waals surface area contributed by atoms with Gasteiger partial charge in [-0.05, 0) is 47.9 Å². The zero-order valence-corrected chi connectivity index (χ0v) is 17.9. The van der Waals surface area contributed by atoms with Crippen LogP contribution < -0.4 is 10.9 Å². The molecule has 158 valence electrons. The number of rotatable bonds is 6. The lowest BCUT2D eigenvalue weighted by molar-refractivity contribution is -0.385. The molecule has 0 fully saturated rings. The summed E-state index contributed by atoms with van der Waals surface area (Å²) in [4.78, 5) is 34.7. The summed E-state index contributed by atoms with van der Waals surface area (Å²) >= 11 is 0. The van der Waals surface area contributed by atoms with Crippen molar-refractivity contribution in [3.05, 3.63) is 72.7 Å². The molecule has 0 aliphatic carbocycles. The molecule has 8 nitrogen and oxygen atoms in total. The molecule has 0 aliphatic heterocycles. The van der Waals surface area contributed by atoms with Gasteiger partial charge in [0.15, 0.2) is 0 Å². The Balaban J connectivity index is 2.08. The van der Waals surface area contributed by atoms with Crippen LogP contribution in [0.25, 0.3) is 0 Å². The topological polar surface area (TPSA) is 118 Å². The van der Waals surface area contributed by atoms with E-state index in [2.05, 4.69) is 38.2 Å². The summed E-state index contributed by atoms with van der Waals surface area (Å²) in [5.41, 5.74) is 3.25. The first-order chi connectivity index (χ1) is 13.9. The smallest absolute Gasteiger partial charge is 0.287 e. The molecule has 1 heterocycles. The van der Waals surface area contributed by atoms with Crippen LogP contribution in [-0.4, -0.2) is 21.9 Å². The van der Waals surface area contributed by atoms with Gasteiger partial charge < -0.3 is 5.32 Å². The van der Waals surface area contributed by atoms with Gasteiger partial charge in [0, 0.05) is 12.6 Å². The summed E-state index contributed by atoms with van der Waals surface area (Å²) in [6.45, 7) is 10.6. The fourth-order valence-corrected chi connectivity index (χ4v) is 3.28. The quantitative estimate of drug-likeness (QED) is 0.580. The molecule has 0 saturated carbocycles. The van der Waals surface area contributed by atoms with Crippen molar-refractivity contribution in [2.24, 2.45) is 0 Å². The molecule has 1 aromatic carbocycles. The van der Waals surface area contributed by atoms with Gasteiger partial charge in [0.25, 0.3) is 11.2 Å². The first-order valence-corrected chi connectivity index (χ1v) is 9.60. The summed E-state index contributed by atoms with van der Waals surface area (Å²) < 4.78 is 0.890. The molecular formula is C22H26N4O4. The number of hydrogen-bond acceptors (Lipinski definition) is 5. The Bertz CT molecular complexity index is 1060. The van der Waals surface area contributed by atoms with E-state index < -0.39 is 28.6 Å². The Morgan fingerprint density at radius 2 is 1.83 bits per heavy atom. The fraction of sp³-hybridized carbons (Fsp3) is 0.409. The van der Waals surface area contributed by atoms with Crippen molar-refractivity contribution in [2.75, 3.05) is 6.54 Å². The monoisotopic (exact) mass is 410 g/mol. The molecular weight excluding hydrogens is 384 g/mol. The number of aryl methyl sites for hydroxylation is 2. The maximum atomic E-state index is 12.3. The molecule has 1 N–H and O–H groups in total. The predicted molar refractivity (Wildman–Crippen MR) is 113 cm³/mol. The number of aromatic nitrogens is 1. The summed E-state index contributed by atoms with van der Waals surface area (Å²) in [5, 5.41) is 22.7. The molecule has 1 amide bonds. The predicted octanol–water partition coefficient (Wildman–Crippen LogP) is 2.90. The average Bonchev–Trinajstić information content (AvgIpc) is 2.64. The van der Waals surface area contributed by atoms with Crippen LogP contribution in [0.4, 0.5) is 5.69 Å². The Kier molecular flexibility index (Phi) is 6.77. The van der Waals surface area contributed by atoms with Gasteiger partial charge in [0.2, 0.25) is 5.91 Å². The molecule has 2 rings (SSSR count). The van der Waals surface area contributed by atoms with Crippen LogP contribution in [0.15, 0.2) is 29.2 Å². The number of hydrogen-bond donors (Lipinski definition) is 1. The van der Waals surface area contributed by atoms with Crippen LogP contribution in [0.5, 0.6) is 0 Å². The molecule has 0 unspecified atom stereocenters. The molecule has 0 radical (unpaired) electrons. The highest BCUT2D eigenvalue weighted by Crippen LogP contribution is 2.27. The van der Waals surface area contributed by atoms with Gasteiger partial charge in [0.1, 0.15) is 18.2 Å². The maximum absolute atomic E-state index is 12.3. The highest BCUT2D eigenvalue weighted by molar-refractivity contribution is 5.75. The maximum Gasteiger partial charge on any atom is 0.287 e. The first-order valence-electron chi connectivity index (χ1n) is 9.60. The third kappa shape index (κ3) is 5.32. The van der Waals surface area contributed by atoms with E-state index in [9.17, 15) is 19.7 Å². The molecule has 0 saturated heterocycles. The van der Waals surface area contributed by atoms with E-state index in [0.717, 1.165) is 33.5 Å². The van der Waals surface area contributed by atoms with Crippen molar-refractivity contribution < 1.29 is 9.72 Å². The van der Waals surface area contributed by atoms with E-state index in [0.29, 0.717) is 13.0 Å². The molecule has 2 aromatic rings. The summed E-state index contributed by atoms with van der Waals surface area (Å²) in [7, 11) is 0. The summed E-state index contributed by atoms with van der Waals surface area (Å²) in [5.74, 6) is -0.455. The molecule has 30 heavy (non-hydrogen) atoms. The van der Waals surface area contributed by atoms with Crippen LogP contribution in [0.2, 0.25) is 0 Å². The average molecular weight is 410 g/mol. The van der Waals surface area contributed by atoms with E-state index >= 15 is 0 Å². The minimum Gasteiger partial charge on any atom is -0.354 e. The van der Waals surface area contributed by atoms with Crippen LogP contribution >= 0.6 is 0 Å². The summed E-state index contributed by atoms with van der Waals surface area (Å²) in [6, 6.07) is 6.86. The zero-order chi connectivity index (χ0) is 22.6. The normalized spacial score (nSPS) is 11.1. The van der Waals surface area contributed by atoms with E-state index in [1.54, 1.807) is 6.07 Å². The van der Waals surface area contributed by atoms with Crippen molar-refractivity contribution in [1.29, 1.82) is 5.26 Å². The number of nitro groups is 1. The Morgan fingerprint density at radius 1 is 1.23 bits per heavy atom. The highest BCUT2D eigenvalue weighted by Gasteiger charge is 2.17. The molecule has 1 aromatic heterocycles. The second-order valence-corrected chi connectivity index (χ2v) is 8.35. The van der Waals surface area contributed by atoms with Gasteiger partial charge >= 0.3 is 0 Å². The molecule has 0 atom stereocenters. The number of carbonyl (C=O) groups is 1. The van der Waals surface area contributed by atoms with E-state index in [4.69, 9.17) is 5.26 Å². The van der Waals surface area contributed by atoms with E-state index in [1.807, 2.05) is 13.8 Å². The number of amides is 1. The molecule has 0 bridgehead atoms. The number of nitrogens with zero attached hydrogens (tertiary/aromatic N) is 3. The number of pyridine rings is 1. The van der Waals surface area contributed by atoms with Gasteiger partial charge in [-0.25, -0.2) is 0 Å². The Labute approximate surface area is 175 Å². The van der Waals surface area contributed by atoms with Gasteiger partial charge in [-0.1, -0.05) is 32.9 Å². The molecule has 0 aliphatic rings. The standard InChI is InChI=1S/C22H26N4O4/c1-14-8-17(22(3,4)5)9-15(2)19(14)6-7-24-20(27)13-25-12-18(26(29)30)10-16(11-23)21(25)28/h8-10,12H,6-7,13H2,1-5H3,(H,24,27). The zero-order valence-electron chi connectivity index (χ0n) is 17.9. The minimum atomic E-state index is -0.734. The second-order valence-electron chi connectivity index (χ2n) is 8.35. The van der Waals surface area contributed by atoms with Gasteiger partial charge in [-0.2, -0.15) is 5.26 Å². The molecule has 8 heteroatoms. The van der Waals surface area contributed by atoms with E-state index in [1.165, 1.54) is 5.56 Å².